The lowest BCUT2D eigenvalue weighted by Crippen LogP contribution is -2.03. The quantitative estimate of drug-likeness (QED) is 0.572. The molecule has 16 heavy (non-hydrogen) atoms. The number of carbonyl (C=O) groups is 2. The largest absolute Gasteiger partial charge is 0.465 e. The first-order valence-electron chi connectivity index (χ1n) is 4.71. The number of esters is 1. The maximum atomic E-state index is 11.4. The van der Waals surface area contributed by atoms with Crippen LogP contribution in [-0.4, -0.2) is 18.9 Å². The van der Waals surface area contributed by atoms with Gasteiger partial charge in [0.15, 0.2) is 5.78 Å². The summed E-state index contributed by atoms with van der Waals surface area (Å²) in [6.45, 7) is 3.35. The number of carbonyl (C=O) groups excluding carboxylic acids is 2. The van der Waals surface area contributed by atoms with E-state index in [2.05, 4.69) is 11.3 Å². The summed E-state index contributed by atoms with van der Waals surface area (Å²) in [6.07, 6.45) is 4.13. The zero-order valence-corrected chi connectivity index (χ0v) is 8.97. The van der Waals surface area contributed by atoms with Crippen molar-refractivity contribution < 1.29 is 14.3 Å². The summed E-state index contributed by atoms with van der Waals surface area (Å²) in [6, 6.07) is 6.90. The molecule has 0 unspecified atom stereocenters. The number of allylic oxidation sites excluding steroid dienone is 2. The molecule has 0 bridgehead atoms. The summed E-state index contributed by atoms with van der Waals surface area (Å²) in [5.41, 5.74) is 1.07. The number of ether oxygens (including phenoxy) is 1. The topological polar surface area (TPSA) is 43.4 Å². The van der Waals surface area contributed by atoms with E-state index in [0.29, 0.717) is 11.1 Å². The summed E-state index contributed by atoms with van der Waals surface area (Å²) in [5.74, 6) is -0.633. The second-order valence-electron chi connectivity index (χ2n) is 3.02. The molecule has 0 radical (unpaired) electrons. The van der Waals surface area contributed by atoms with Crippen molar-refractivity contribution in [2.24, 2.45) is 0 Å². The summed E-state index contributed by atoms with van der Waals surface area (Å²) in [4.78, 5) is 22.4. The Morgan fingerprint density at radius 1 is 1.31 bits per heavy atom. The first kappa shape index (κ1) is 11.9. The maximum absolute atomic E-state index is 11.4. The molecule has 1 aromatic rings. The molecule has 0 fully saturated rings. The van der Waals surface area contributed by atoms with E-state index in [-0.39, 0.29) is 5.78 Å². The molecule has 0 spiro atoms. The van der Waals surface area contributed by atoms with Crippen molar-refractivity contribution in [2.45, 2.75) is 0 Å². The third-order valence-corrected chi connectivity index (χ3v) is 1.99. The molecule has 3 nitrogen and oxygen atoms in total. The third-order valence-electron chi connectivity index (χ3n) is 1.99. The average Bonchev–Trinajstić information content (AvgIpc) is 2.35. The van der Waals surface area contributed by atoms with E-state index in [1.165, 1.54) is 19.3 Å². The number of hydrogen-bond donors (Lipinski definition) is 0. The highest BCUT2D eigenvalue weighted by atomic mass is 16.5. The van der Waals surface area contributed by atoms with E-state index in [4.69, 9.17) is 0 Å². The molecule has 1 aromatic carbocycles. The second kappa shape index (κ2) is 5.66. The fourth-order valence-corrected chi connectivity index (χ4v) is 1.18. The van der Waals surface area contributed by atoms with Crippen molar-refractivity contribution in [3.63, 3.8) is 0 Å². The molecule has 0 aromatic heterocycles. The first-order valence-corrected chi connectivity index (χ1v) is 4.71. The Bertz CT molecular complexity index is 444. The molecule has 0 saturated carbocycles. The second-order valence-corrected chi connectivity index (χ2v) is 3.02. The van der Waals surface area contributed by atoms with Crippen LogP contribution in [0.1, 0.15) is 15.9 Å². The van der Waals surface area contributed by atoms with Crippen LogP contribution in [0.5, 0.6) is 0 Å². The van der Waals surface area contributed by atoms with Crippen LogP contribution in [0.15, 0.2) is 43.0 Å². The fraction of sp³-hybridized carbons (Fsp3) is 0.0769. The zero-order valence-electron chi connectivity index (χ0n) is 8.97. The number of ketones is 1. The molecule has 82 valence electrons. The SMILES string of the molecule is C=CC(=O)C=Cc1ccccc1C(=O)OC. The minimum Gasteiger partial charge on any atom is -0.465 e. The smallest absolute Gasteiger partial charge is 0.338 e. The maximum Gasteiger partial charge on any atom is 0.338 e. The van der Waals surface area contributed by atoms with Crippen molar-refractivity contribution in [3.8, 4) is 0 Å². The lowest BCUT2D eigenvalue weighted by Gasteiger charge is -2.02. The Morgan fingerprint density at radius 3 is 2.62 bits per heavy atom. The van der Waals surface area contributed by atoms with Crippen molar-refractivity contribution in [1.82, 2.24) is 0 Å². The normalized spacial score (nSPS) is 10.1. The molecule has 0 saturated heterocycles. The van der Waals surface area contributed by atoms with Crippen LogP contribution in [0, 0.1) is 0 Å². The number of methoxy groups -OCH3 is 1. The van der Waals surface area contributed by atoms with Crippen LogP contribution >= 0.6 is 0 Å². The van der Waals surface area contributed by atoms with E-state index in [1.807, 2.05) is 0 Å². The van der Waals surface area contributed by atoms with Crippen molar-refractivity contribution in [3.05, 3.63) is 54.1 Å². The van der Waals surface area contributed by atoms with E-state index in [0.717, 1.165) is 0 Å². The van der Waals surface area contributed by atoms with Crippen LogP contribution in [0.3, 0.4) is 0 Å². The predicted molar refractivity (Wildman–Crippen MR) is 62.0 cm³/mol. The van der Waals surface area contributed by atoms with Crippen LogP contribution in [-0.2, 0) is 9.53 Å². The Hall–Kier alpha value is -2.16. The van der Waals surface area contributed by atoms with Gasteiger partial charge in [-0.2, -0.15) is 0 Å². The van der Waals surface area contributed by atoms with Crippen molar-refractivity contribution in [2.75, 3.05) is 7.11 Å². The van der Waals surface area contributed by atoms with Gasteiger partial charge in [0.1, 0.15) is 0 Å². The summed E-state index contributed by atoms with van der Waals surface area (Å²) in [7, 11) is 1.32. The number of rotatable bonds is 4. The zero-order chi connectivity index (χ0) is 12.0. The van der Waals surface area contributed by atoms with Crippen LogP contribution in [0.4, 0.5) is 0 Å². The molecule has 1 rings (SSSR count). The highest BCUT2D eigenvalue weighted by Crippen LogP contribution is 2.11. The molecule has 0 N–H and O–H groups in total. The molecule has 3 heteroatoms. The van der Waals surface area contributed by atoms with Gasteiger partial charge in [0.2, 0.25) is 0 Å². The lowest BCUT2D eigenvalue weighted by atomic mass is 10.1. The monoisotopic (exact) mass is 216 g/mol. The van der Waals surface area contributed by atoms with Gasteiger partial charge in [0, 0.05) is 0 Å². The lowest BCUT2D eigenvalue weighted by molar-refractivity contribution is -0.110. The first-order chi connectivity index (χ1) is 7.69. The third kappa shape index (κ3) is 2.92. The molecule has 0 aliphatic rings. The number of hydrogen-bond acceptors (Lipinski definition) is 3. The van der Waals surface area contributed by atoms with Gasteiger partial charge in [-0.05, 0) is 23.8 Å². The minimum atomic E-state index is -0.425. The van der Waals surface area contributed by atoms with Crippen LogP contribution in [0.2, 0.25) is 0 Å². The summed E-state index contributed by atoms with van der Waals surface area (Å²) < 4.78 is 4.63. The standard InChI is InChI=1S/C13H12O3/c1-3-11(14)9-8-10-6-4-5-7-12(10)13(15)16-2/h3-9H,1H2,2H3. The Balaban J connectivity index is 3.04. The molecule has 0 atom stereocenters. The van der Waals surface area contributed by atoms with Gasteiger partial charge in [0.05, 0.1) is 12.7 Å². The Kier molecular flexibility index (Phi) is 4.21. The van der Waals surface area contributed by atoms with Gasteiger partial charge in [-0.3, -0.25) is 4.79 Å². The van der Waals surface area contributed by atoms with E-state index in [1.54, 1.807) is 30.3 Å². The molecular formula is C13H12O3. The number of benzene rings is 1. The fourth-order valence-electron chi connectivity index (χ4n) is 1.18. The van der Waals surface area contributed by atoms with Gasteiger partial charge in [-0.25, -0.2) is 4.79 Å². The van der Waals surface area contributed by atoms with Crippen LogP contribution in [0.25, 0.3) is 6.08 Å². The van der Waals surface area contributed by atoms with Gasteiger partial charge >= 0.3 is 5.97 Å². The molecule has 0 heterocycles. The van der Waals surface area contributed by atoms with Gasteiger partial charge in [-0.15, -0.1) is 0 Å². The average molecular weight is 216 g/mol. The summed E-state index contributed by atoms with van der Waals surface area (Å²) in [5, 5.41) is 0. The highest BCUT2D eigenvalue weighted by molar-refractivity contribution is 6.03. The molecular weight excluding hydrogens is 204 g/mol. The predicted octanol–water partition coefficient (Wildman–Crippen LogP) is 2.24. The molecule has 0 aliphatic carbocycles. The van der Waals surface area contributed by atoms with E-state index in [9.17, 15) is 9.59 Å². The Morgan fingerprint density at radius 2 is 2.00 bits per heavy atom. The van der Waals surface area contributed by atoms with Gasteiger partial charge in [-0.1, -0.05) is 30.9 Å². The van der Waals surface area contributed by atoms with Gasteiger partial charge in [0.25, 0.3) is 0 Å². The van der Waals surface area contributed by atoms with Crippen molar-refractivity contribution in [1.29, 1.82) is 0 Å². The van der Waals surface area contributed by atoms with Gasteiger partial charge < -0.3 is 4.74 Å². The van der Waals surface area contributed by atoms with E-state index < -0.39 is 5.97 Å². The summed E-state index contributed by atoms with van der Waals surface area (Å²) >= 11 is 0. The van der Waals surface area contributed by atoms with Crippen molar-refractivity contribution >= 4 is 17.8 Å². The minimum absolute atomic E-state index is 0.209. The van der Waals surface area contributed by atoms with Crippen LogP contribution < -0.4 is 0 Å². The highest BCUT2D eigenvalue weighted by Gasteiger charge is 2.08. The molecule has 0 aliphatic heterocycles. The Labute approximate surface area is 94.0 Å². The molecule has 0 amide bonds. The van der Waals surface area contributed by atoms with E-state index >= 15 is 0 Å².